The molecule has 0 fully saturated rings. The van der Waals surface area contributed by atoms with Gasteiger partial charge in [0, 0.05) is 11.1 Å². The van der Waals surface area contributed by atoms with Crippen molar-refractivity contribution in [3.63, 3.8) is 0 Å². The fourth-order valence-corrected chi connectivity index (χ4v) is 2.86. The molecular weight excluding hydrogens is 441 g/mol. The fraction of sp³-hybridized carbons (Fsp3) is 0.286. The Kier molecular flexibility index (Phi) is 9.93. The smallest absolute Gasteiger partial charge is 0.320 e. The summed E-state index contributed by atoms with van der Waals surface area (Å²) in [7, 11) is 3.51. The van der Waals surface area contributed by atoms with E-state index in [0.717, 1.165) is 22.2 Å². The van der Waals surface area contributed by atoms with Crippen LogP contribution in [0.2, 0.25) is 0 Å². The molecule has 0 spiro atoms. The van der Waals surface area contributed by atoms with E-state index in [2.05, 4.69) is 10.4 Å². The molecule has 10 heteroatoms. The van der Waals surface area contributed by atoms with Gasteiger partial charge in [-0.05, 0) is 56.9 Å². The van der Waals surface area contributed by atoms with Crippen molar-refractivity contribution in [2.24, 2.45) is 5.73 Å². The van der Waals surface area contributed by atoms with Gasteiger partial charge in [0.15, 0.2) is 0 Å². The number of nitrogens with zero attached hydrogens (tertiary/aromatic N) is 3. The summed E-state index contributed by atoms with van der Waals surface area (Å²) < 4.78 is 6.86. The van der Waals surface area contributed by atoms with Crippen LogP contribution < -0.4 is 11.1 Å². The van der Waals surface area contributed by atoms with Gasteiger partial charge in [-0.3, -0.25) is 14.5 Å². The van der Waals surface area contributed by atoms with Gasteiger partial charge >= 0.3 is 5.97 Å². The summed E-state index contributed by atoms with van der Waals surface area (Å²) in [6.45, 7) is 1.98. The molecule has 2 aromatic carbocycles. The van der Waals surface area contributed by atoms with E-state index in [1.165, 1.54) is 0 Å². The van der Waals surface area contributed by atoms with E-state index in [0.29, 0.717) is 5.69 Å². The minimum Gasteiger partial charge on any atom is -0.463 e. The van der Waals surface area contributed by atoms with E-state index < -0.39 is 17.9 Å². The molecule has 1 atom stereocenters. The second-order valence-electron chi connectivity index (χ2n) is 7.19. The lowest BCUT2D eigenvalue weighted by Gasteiger charge is -2.14. The molecule has 168 valence electrons. The third kappa shape index (κ3) is 6.93. The number of nitrogens with two attached hydrogens (primary N) is 1. The number of carbonyl (C=O) groups excluding carboxylic acids is 2. The highest BCUT2D eigenvalue weighted by Crippen LogP contribution is 2.22. The average molecular weight is 468 g/mol. The Balaban J connectivity index is 0.00000240. The predicted octanol–water partition coefficient (Wildman–Crippen LogP) is 2.55. The Bertz CT molecular complexity index is 1040. The number of esters is 1. The number of aromatic nitrogens is 2. The van der Waals surface area contributed by atoms with E-state index in [1.54, 1.807) is 31.3 Å². The second-order valence-corrected chi connectivity index (χ2v) is 7.19. The van der Waals surface area contributed by atoms with Gasteiger partial charge in [0.05, 0.1) is 23.9 Å². The predicted molar refractivity (Wildman–Crippen MR) is 126 cm³/mol. The molecule has 0 saturated carbocycles. The van der Waals surface area contributed by atoms with Crippen molar-refractivity contribution in [1.29, 1.82) is 0 Å². The number of rotatable bonds is 7. The zero-order valence-electron chi connectivity index (χ0n) is 17.6. The molecule has 0 aliphatic rings. The number of fused-ring (bicyclic) bond motifs is 1. The van der Waals surface area contributed by atoms with E-state index in [9.17, 15) is 9.59 Å². The molecule has 0 saturated heterocycles. The molecule has 0 aliphatic heterocycles. The van der Waals surface area contributed by atoms with Crippen molar-refractivity contribution < 1.29 is 14.3 Å². The molecule has 0 aliphatic carbocycles. The van der Waals surface area contributed by atoms with Crippen LogP contribution in [0.5, 0.6) is 0 Å². The lowest BCUT2D eigenvalue weighted by atomic mass is 10.2. The van der Waals surface area contributed by atoms with Crippen LogP contribution in [-0.2, 0) is 14.3 Å². The average Bonchev–Trinajstić information content (AvgIpc) is 3.08. The van der Waals surface area contributed by atoms with Gasteiger partial charge in [0.1, 0.15) is 12.6 Å². The van der Waals surface area contributed by atoms with Crippen LogP contribution in [0.25, 0.3) is 16.6 Å². The van der Waals surface area contributed by atoms with E-state index >= 15 is 0 Å². The molecule has 3 aromatic rings. The lowest BCUT2D eigenvalue weighted by molar-refractivity contribution is -0.145. The molecule has 0 bridgehead atoms. The normalized spacial score (nSPS) is 11.4. The molecule has 3 N–H and O–H groups in total. The minimum atomic E-state index is -0.960. The minimum absolute atomic E-state index is 0. The Hall–Kier alpha value is -2.65. The number of likely N-dealkylation sites (N-methyl/N-ethyl adjacent to an activating group) is 1. The topological polar surface area (TPSA) is 102 Å². The van der Waals surface area contributed by atoms with Crippen molar-refractivity contribution in [3.05, 3.63) is 54.2 Å². The molecule has 1 aromatic heterocycles. The first-order chi connectivity index (χ1) is 13.8. The summed E-state index contributed by atoms with van der Waals surface area (Å²) in [5.74, 6) is -0.856. The van der Waals surface area contributed by atoms with Crippen molar-refractivity contribution >= 4 is 53.3 Å². The summed E-state index contributed by atoms with van der Waals surface area (Å²) in [5.41, 5.74) is 9.37. The van der Waals surface area contributed by atoms with Crippen LogP contribution in [0.4, 0.5) is 5.69 Å². The summed E-state index contributed by atoms with van der Waals surface area (Å²) in [6.07, 6.45) is 1.78. The molecule has 3 rings (SSSR count). The van der Waals surface area contributed by atoms with Gasteiger partial charge in [-0.2, -0.15) is 5.10 Å². The van der Waals surface area contributed by atoms with E-state index in [-0.39, 0.29) is 38.0 Å². The van der Waals surface area contributed by atoms with Gasteiger partial charge in [0.25, 0.3) is 0 Å². The Morgan fingerprint density at radius 3 is 2.61 bits per heavy atom. The van der Waals surface area contributed by atoms with Gasteiger partial charge < -0.3 is 15.8 Å². The largest absolute Gasteiger partial charge is 0.463 e. The third-order valence-electron chi connectivity index (χ3n) is 4.29. The maximum atomic E-state index is 12.4. The number of ether oxygens (including phenoxy) is 1. The maximum Gasteiger partial charge on any atom is 0.320 e. The molecule has 31 heavy (non-hydrogen) atoms. The van der Waals surface area contributed by atoms with Crippen LogP contribution in [0.1, 0.15) is 5.56 Å². The highest BCUT2D eigenvalue weighted by atomic mass is 35.5. The number of halogens is 2. The van der Waals surface area contributed by atoms with Crippen molar-refractivity contribution in [2.45, 2.75) is 13.0 Å². The van der Waals surface area contributed by atoms with E-state index in [1.807, 2.05) is 48.0 Å². The Morgan fingerprint density at radius 1 is 1.19 bits per heavy atom. The summed E-state index contributed by atoms with van der Waals surface area (Å²) >= 11 is 0. The number of nitrogens with one attached hydrogen (secondary N) is 1. The van der Waals surface area contributed by atoms with Gasteiger partial charge in [-0.15, -0.1) is 24.8 Å². The standard InChI is InChI=1S/C21H25N5O3.2ClH/c1-14-5-4-6-17(9-14)26-19-10-16(8-7-15(19)11-23-26)24-21(28)18(22)13-29-20(27)12-25(2)3;;/h4-11,18H,12-13,22H2,1-3H3,(H,24,28);2*1H/t18-;;/m0../s1. The third-order valence-corrected chi connectivity index (χ3v) is 4.29. The van der Waals surface area contributed by atoms with Crippen LogP contribution in [0.3, 0.4) is 0 Å². The Morgan fingerprint density at radius 2 is 1.94 bits per heavy atom. The number of carbonyl (C=O) groups is 2. The molecular formula is C21H27Cl2N5O3. The zero-order chi connectivity index (χ0) is 21.0. The number of hydrogen-bond acceptors (Lipinski definition) is 6. The SMILES string of the molecule is Cc1cccc(-n2ncc3ccc(NC(=O)[C@@H](N)COC(=O)CN(C)C)cc32)c1.Cl.Cl. The van der Waals surface area contributed by atoms with Crippen molar-refractivity contribution in [2.75, 3.05) is 32.6 Å². The van der Waals surface area contributed by atoms with Gasteiger partial charge in [0.2, 0.25) is 5.91 Å². The van der Waals surface area contributed by atoms with Crippen LogP contribution in [0.15, 0.2) is 48.7 Å². The first-order valence-electron chi connectivity index (χ1n) is 9.25. The van der Waals surface area contributed by atoms with E-state index in [4.69, 9.17) is 10.5 Å². The van der Waals surface area contributed by atoms with Crippen LogP contribution in [0, 0.1) is 6.92 Å². The number of aryl methyl sites for hydroxylation is 1. The summed E-state index contributed by atoms with van der Waals surface area (Å²) in [6, 6.07) is 12.6. The fourth-order valence-electron chi connectivity index (χ4n) is 2.86. The maximum absolute atomic E-state index is 12.4. The summed E-state index contributed by atoms with van der Waals surface area (Å²) in [5, 5.41) is 8.17. The first kappa shape index (κ1) is 26.4. The van der Waals surface area contributed by atoms with Crippen LogP contribution >= 0.6 is 24.8 Å². The summed E-state index contributed by atoms with van der Waals surface area (Å²) in [4.78, 5) is 25.6. The highest BCUT2D eigenvalue weighted by molar-refractivity contribution is 5.97. The molecule has 1 amide bonds. The van der Waals surface area contributed by atoms with Crippen molar-refractivity contribution in [1.82, 2.24) is 14.7 Å². The zero-order valence-corrected chi connectivity index (χ0v) is 19.2. The molecule has 8 nitrogen and oxygen atoms in total. The number of hydrogen-bond donors (Lipinski definition) is 2. The highest BCUT2D eigenvalue weighted by Gasteiger charge is 2.17. The first-order valence-corrected chi connectivity index (χ1v) is 9.25. The second kappa shape index (κ2) is 11.7. The number of anilines is 1. The monoisotopic (exact) mass is 467 g/mol. The number of benzene rings is 2. The van der Waals surface area contributed by atoms with Gasteiger partial charge in [-0.1, -0.05) is 12.1 Å². The van der Waals surface area contributed by atoms with Crippen molar-refractivity contribution in [3.8, 4) is 5.69 Å². The molecule has 1 heterocycles. The molecule has 0 radical (unpaired) electrons. The lowest BCUT2D eigenvalue weighted by Crippen LogP contribution is -2.40. The quantitative estimate of drug-likeness (QED) is 0.517. The van der Waals surface area contributed by atoms with Gasteiger partial charge in [-0.25, -0.2) is 4.68 Å². The van der Waals surface area contributed by atoms with Crippen LogP contribution in [-0.4, -0.2) is 59.8 Å². The number of amides is 1. The molecule has 0 unspecified atom stereocenters. The Labute approximate surface area is 193 Å².